The first-order valence-corrected chi connectivity index (χ1v) is 7.52. The molecule has 1 unspecified atom stereocenters. The molecule has 1 aliphatic heterocycles. The van der Waals surface area contributed by atoms with Gasteiger partial charge in [0, 0.05) is 18.5 Å². The standard InChI is InChI=1S/C16H21NO3/c18-16(12-5-1-2-6-12)13(11-15-19-9-10-20-15)14-7-3-4-8-17-14/h3-4,7-8,12-13,15H,1-2,5-6,9-11H2. The SMILES string of the molecule is O=C(C1CCCC1)C(CC1OCCO1)c1ccccn1. The Kier molecular flexibility index (Phi) is 4.43. The van der Waals surface area contributed by atoms with Crippen LogP contribution in [0.25, 0.3) is 0 Å². The Bertz CT molecular complexity index is 436. The number of ether oxygens (including phenoxy) is 2. The van der Waals surface area contributed by atoms with Crippen molar-refractivity contribution in [3.63, 3.8) is 0 Å². The number of ketones is 1. The van der Waals surface area contributed by atoms with Crippen LogP contribution in [0.2, 0.25) is 0 Å². The van der Waals surface area contributed by atoms with Crippen LogP contribution >= 0.6 is 0 Å². The summed E-state index contributed by atoms with van der Waals surface area (Å²) in [6.07, 6.45) is 6.46. The molecule has 1 aromatic rings. The lowest BCUT2D eigenvalue weighted by Gasteiger charge is -2.21. The summed E-state index contributed by atoms with van der Waals surface area (Å²) in [5, 5.41) is 0. The van der Waals surface area contributed by atoms with Crippen molar-refractivity contribution in [3.05, 3.63) is 30.1 Å². The molecule has 0 radical (unpaired) electrons. The van der Waals surface area contributed by atoms with Gasteiger partial charge in [-0.3, -0.25) is 9.78 Å². The van der Waals surface area contributed by atoms with E-state index < -0.39 is 0 Å². The average Bonchev–Trinajstić information content (AvgIpc) is 3.18. The second-order valence-corrected chi connectivity index (χ2v) is 5.60. The van der Waals surface area contributed by atoms with Gasteiger partial charge in [0.15, 0.2) is 6.29 Å². The van der Waals surface area contributed by atoms with Crippen LogP contribution in [0.5, 0.6) is 0 Å². The van der Waals surface area contributed by atoms with Gasteiger partial charge < -0.3 is 9.47 Å². The summed E-state index contributed by atoms with van der Waals surface area (Å²) in [6.45, 7) is 1.24. The molecule has 20 heavy (non-hydrogen) atoms. The molecular weight excluding hydrogens is 254 g/mol. The maximum atomic E-state index is 12.8. The fraction of sp³-hybridized carbons (Fsp3) is 0.625. The average molecular weight is 275 g/mol. The number of Topliss-reactive ketones (excluding diaryl/α,β-unsaturated/α-hetero) is 1. The largest absolute Gasteiger partial charge is 0.350 e. The van der Waals surface area contributed by atoms with Gasteiger partial charge in [-0.05, 0) is 25.0 Å². The minimum absolute atomic E-state index is 0.192. The van der Waals surface area contributed by atoms with Crippen LogP contribution < -0.4 is 0 Å². The van der Waals surface area contributed by atoms with Crippen molar-refractivity contribution in [2.45, 2.75) is 44.3 Å². The third-order valence-corrected chi connectivity index (χ3v) is 4.26. The first kappa shape index (κ1) is 13.7. The van der Waals surface area contributed by atoms with Crippen LogP contribution in [0, 0.1) is 5.92 Å². The molecule has 1 aromatic heterocycles. The molecule has 2 heterocycles. The number of aromatic nitrogens is 1. The highest BCUT2D eigenvalue weighted by Gasteiger charge is 2.34. The number of rotatable bonds is 5. The first-order valence-electron chi connectivity index (χ1n) is 7.52. The van der Waals surface area contributed by atoms with Crippen LogP contribution in [0.1, 0.15) is 43.7 Å². The summed E-state index contributed by atoms with van der Waals surface area (Å²) in [5.41, 5.74) is 0.850. The van der Waals surface area contributed by atoms with Gasteiger partial charge in [-0.2, -0.15) is 0 Å². The Hall–Kier alpha value is -1.26. The lowest BCUT2D eigenvalue weighted by atomic mass is 9.86. The van der Waals surface area contributed by atoms with E-state index in [-0.39, 0.29) is 18.1 Å². The van der Waals surface area contributed by atoms with E-state index in [0.29, 0.717) is 25.4 Å². The molecular formula is C16H21NO3. The number of nitrogens with zero attached hydrogens (tertiary/aromatic N) is 1. The molecule has 4 heteroatoms. The second kappa shape index (κ2) is 6.46. The van der Waals surface area contributed by atoms with Crippen molar-refractivity contribution in [1.29, 1.82) is 0 Å². The Labute approximate surface area is 119 Å². The van der Waals surface area contributed by atoms with Crippen molar-refractivity contribution >= 4 is 5.78 Å². The number of hydrogen-bond acceptors (Lipinski definition) is 4. The van der Waals surface area contributed by atoms with Crippen molar-refractivity contribution in [3.8, 4) is 0 Å². The molecule has 2 fully saturated rings. The van der Waals surface area contributed by atoms with E-state index in [1.54, 1.807) is 6.20 Å². The Balaban J connectivity index is 1.76. The summed E-state index contributed by atoms with van der Waals surface area (Å²) in [4.78, 5) is 17.2. The maximum Gasteiger partial charge on any atom is 0.158 e. The zero-order chi connectivity index (χ0) is 13.8. The Morgan fingerprint density at radius 1 is 1.25 bits per heavy atom. The van der Waals surface area contributed by atoms with Crippen LogP contribution in [-0.4, -0.2) is 30.3 Å². The zero-order valence-electron chi connectivity index (χ0n) is 11.7. The van der Waals surface area contributed by atoms with Crippen molar-refractivity contribution in [2.24, 2.45) is 5.92 Å². The van der Waals surface area contributed by atoms with Gasteiger partial charge in [-0.1, -0.05) is 18.9 Å². The van der Waals surface area contributed by atoms with E-state index in [0.717, 1.165) is 18.5 Å². The second-order valence-electron chi connectivity index (χ2n) is 5.60. The topological polar surface area (TPSA) is 48.4 Å². The van der Waals surface area contributed by atoms with E-state index >= 15 is 0 Å². The molecule has 0 N–H and O–H groups in total. The molecule has 4 nitrogen and oxygen atoms in total. The number of hydrogen-bond donors (Lipinski definition) is 0. The summed E-state index contributed by atoms with van der Waals surface area (Å²) >= 11 is 0. The summed E-state index contributed by atoms with van der Waals surface area (Å²) in [7, 11) is 0. The molecule has 1 aliphatic carbocycles. The van der Waals surface area contributed by atoms with Gasteiger partial charge in [0.05, 0.1) is 24.8 Å². The Morgan fingerprint density at radius 3 is 2.65 bits per heavy atom. The van der Waals surface area contributed by atoms with Crippen LogP contribution in [0.15, 0.2) is 24.4 Å². The van der Waals surface area contributed by atoms with Crippen LogP contribution in [0.4, 0.5) is 0 Å². The fourth-order valence-corrected chi connectivity index (χ4v) is 3.20. The number of carbonyl (C=O) groups excluding carboxylic acids is 1. The quantitative estimate of drug-likeness (QED) is 0.829. The number of carbonyl (C=O) groups is 1. The van der Waals surface area contributed by atoms with E-state index in [1.165, 1.54) is 12.8 Å². The van der Waals surface area contributed by atoms with Crippen LogP contribution in [-0.2, 0) is 14.3 Å². The van der Waals surface area contributed by atoms with Gasteiger partial charge in [0.2, 0.25) is 0 Å². The van der Waals surface area contributed by atoms with E-state index in [4.69, 9.17) is 9.47 Å². The summed E-state index contributed by atoms with van der Waals surface area (Å²) < 4.78 is 11.0. The highest BCUT2D eigenvalue weighted by atomic mass is 16.7. The maximum absolute atomic E-state index is 12.8. The molecule has 1 saturated heterocycles. The molecule has 1 atom stereocenters. The lowest BCUT2D eigenvalue weighted by Crippen LogP contribution is -2.25. The van der Waals surface area contributed by atoms with E-state index in [1.807, 2.05) is 18.2 Å². The van der Waals surface area contributed by atoms with Crippen LogP contribution in [0.3, 0.4) is 0 Å². The summed E-state index contributed by atoms with van der Waals surface area (Å²) in [5.74, 6) is 0.325. The number of pyridine rings is 1. The Morgan fingerprint density at radius 2 is 2.00 bits per heavy atom. The van der Waals surface area contributed by atoms with Crippen molar-refractivity contribution < 1.29 is 14.3 Å². The van der Waals surface area contributed by atoms with Crippen molar-refractivity contribution in [1.82, 2.24) is 4.98 Å². The molecule has 2 aliphatic rings. The highest BCUT2D eigenvalue weighted by molar-refractivity contribution is 5.87. The molecule has 0 aromatic carbocycles. The predicted octanol–water partition coefficient (Wildman–Crippen LogP) is 2.69. The minimum Gasteiger partial charge on any atom is -0.350 e. The molecule has 0 amide bonds. The zero-order valence-corrected chi connectivity index (χ0v) is 11.7. The molecule has 108 valence electrons. The third kappa shape index (κ3) is 3.07. The normalized spacial score (nSPS) is 22.2. The molecule has 1 saturated carbocycles. The van der Waals surface area contributed by atoms with Gasteiger partial charge >= 0.3 is 0 Å². The highest BCUT2D eigenvalue weighted by Crippen LogP contribution is 2.33. The smallest absolute Gasteiger partial charge is 0.158 e. The van der Waals surface area contributed by atoms with Gasteiger partial charge in [-0.25, -0.2) is 0 Å². The molecule has 0 bridgehead atoms. The molecule has 3 rings (SSSR count). The first-order chi connectivity index (χ1) is 9.84. The van der Waals surface area contributed by atoms with Gasteiger partial charge in [-0.15, -0.1) is 0 Å². The predicted molar refractivity (Wildman–Crippen MR) is 74.3 cm³/mol. The fourth-order valence-electron chi connectivity index (χ4n) is 3.20. The third-order valence-electron chi connectivity index (χ3n) is 4.26. The van der Waals surface area contributed by atoms with E-state index in [2.05, 4.69) is 4.98 Å². The minimum atomic E-state index is -0.257. The summed E-state index contributed by atoms with van der Waals surface area (Å²) in [6, 6.07) is 5.75. The van der Waals surface area contributed by atoms with E-state index in [9.17, 15) is 4.79 Å². The molecule has 0 spiro atoms. The van der Waals surface area contributed by atoms with Gasteiger partial charge in [0.25, 0.3) is 0 Å². The van der Waals surface area contributed by atoms with Crippen molar-refractivity contribution in [2.75, 3.05) is 13.2 Å². The van der Waals surface area contributed by atoms with Gasteiger partial charge in [0.1, 0.15) is 5.78 Å². The monoisotopic (exact) mass is 275 g/mol. The lowest BCUT2D eigenvalue weighted by molar-refractivity contribution is -0.127.